The Morgan fingerprint density at radius 1 is 0.950 bits per heavy atom. The van der Waals surface area contributed by atoms with Crippen molar-refractivity contribution in [3.05, 3.63) is 89.5 Å². The molecule has 0 bridgehead atoms. The highest BCUT2D eigenvalue weighted by Crippen LogP contribution is 2.30. The molecule has 1 amide bonds. The van der Waals surface area contributed by atoms with Crippen LogP contribution in [0.3, 0.4) is 0 Å². The second kappa shape index (κ2) is 12.7. The van der Waals surface area contributed by atoms with E-state index in [1.165, 1.54) is 12.1 Å². The molecule has 0 spiro atoms. The van der Waals surface area contributed by atoms with Gasteiger partial charge in [-0.2, -0.15) is 17.5 Å². The van der Waals surface area contributed by atoms with E-state index in [2.05, 4.69) is 5.32 Å². The predicted molar refractivity (Wildman–Crippen MR) is 142 cm³/mol. The molecule has 4 N–H and O–H groups in total. The molecule has 3 aromatic carbocycles. The Kier molecular flexibility index (Phi) is 9.82. The third-order valence-electron chi connectivity index (χ3n) is 6.08. The van der Waals surface area contributed by atoms with Crippen LogP contribution in [0.25, 0.3) is 0 Å². The van der Waals surface area contributed by atoms with Crippen LogP contribution in [-0.2, 0) is 22.6 Å². The lowest BCUT2D eigenvalue weighted by molar-refractivity contribution is -0.137. The average Bonchev–Trinajstić information content (AvgIpc) is 2.87. The van der Waals surface area contributed by atoms with Crippen LogP contribution in [0.5, 0.6) is 11.5 Å². The number of rotatable bonds is 11. The molecule has 2 atom stereocenters. The highest BCUT2D eigenvalue weighted by molar-refractivity contribution is 7.89. The first-order valence-electron chi connectivity index (χ1n) is 12.4. The zero-order valence-electron chi connectivity index (χ0n) is 21.8. The first kappa shape index (κ1) is 30.9. The Morgan fingerprint density at radius 3 is 2.12 bits per heavy atom. The quantitative estimate of drug-likeness (QED) is 0.270. The summed E-state index contributed by atoms with van der Waals surface area (Å²) in [6, 6.07) is 14.3. The molecule has 40 heavy (non-hydrogen) atoms. The molecule has 0 heterocycles. The number of benzene rings is 3. The molecule has 0 aliphatic carbocycles. The number of halogens is 3. The molecule has 12 heteroatoms. The summed E-state index contributed by atoms with van der Waals surface area (Å²) in [7, 11) is -4.33. The van der Waals surface area contributed by atoms with Crippen LogP contribution >= 0.6 is 0 Å². The minimum atomic E-state index is -4.63. The second-order valence-electron chi connectivity index (χ2n) is 9.78. The van der Waals surface area contributed by atoms with Gasteiger partial charge in [-0.1, -0.05) is 44.2 Å². The summed E-state index contributed by atoms with van der Waals surface area (Å²) in [5.74, 6) is -1.71. The van der Waals surface area contributed by atoms with E-state index in [1.807, 2.05) is 0 Å². The van der Waals surface area contributed by atoms with Crippen LogP contribution in [0.1, 0.15) is 35.3 Å². The summed E-state index contributed by atoms with van der Waals surface area (Å²) in [5, 5.41) is 33.5. The Balaban J connectivity index is 1.91. The van der Waals surface area contributed by atoms with Gasteiger partial charge in [0.05, 0.1) is 28.2 Å². The molecule has 216 valence electrons. The first-order chi connectivity index (χ1) is 18.7. The minimum Gasteiger partial charge on any atom is -0.508 e. The van der Waals surface area contributed by atoms with Crippen LogP contribution in [-0.4, -0.2) is 59.2 Å². The fraction of sp³-hybridized carbons (Fsp3) is 0.321. The summed E-state index contributed by atoms with van der Waals surface area (Å²) in [4.78, 5) is 12.6. The first-order valence-corrected chi connectivity index (χ1v) is 13.8. The molecular weight excluding hydrogens is 549 g/mol. The average molecular weight is 581 g/mol. The predicted octanol–water partition coefficient (Wildman–Crippen LogP) is 4.17. The number of nitrogens with zero attached hydrogens (tertiary/aromatic N) is 1. The lowest BCUT2D eigenvalue weighted by atomic mass is 10.00. The molecule has 0 radical (unpaired) electrons. The van der Waals surface area contributed by atoms with Crippen molar-refractivity contribution >= 4 is 15.9 Å². The number of phenolic OH excluding ortho intramolecular Hbond substituents is 2. The number of alkyl halides is 3. The SMILES string of the molecule is CC(C)CN(C[C@@H](O)[C@H](Cc1ccccc1)NC(=O)c1ccc(O)cc1O)S(=O)(=O)c1ccc(C(F)(F)F)cc1. The van der Waals surface area contributed by atoms with Crippen molar-refractivity contribution in [3.8, 4) is 11.5 Å². The number of sulfonamides is 1. The summed E-state index contributed by atoms with van der Waals surface area (Å²) in [5.41, 5.74) is -0.438. The summed E-state index contributed by atoms with van der Waals surface area (Å²) >= 11 is 0. The van der Waals surface area contributed by atoms with Crippen LogP contribution < -0.4 is 5.32 Å². The number of hydrogen-bond acceptors (Lipinski definition) is 6. The van der Waals surface area contributed by atoms with E-state index in [4.69, 9.17) is 0 Å². The van der Waals surface area contributed by atoms with Gasteiger partial charge in [-0.25, -0.2) is 8.42 Å². The van der Waals surface area contributed by atoms with Gasteiger partial charge in [-0.05, 0) is 54.3 Å². The van der Waals surface area contributed by atoms with Crippen molar-refractivity contribution < 1.29 is 41.7 Å². The lowest BCUT2D eigenvalue weighted by Crippen LogP contribution is -2.51. The van der Waals surface area contributed by atoms with Gasteiger partial charge in [0.2, 0.25) is 10.0 Å². The van der Waals surface area contributed by atoms with Crippen molar-refractivity contribution in [1.29, 1.82) is 0 Å². The summed E-state index contributed by atoms with van der Waals surface area (Å²) in [6.45, 7) is 2.98. The van der Waals surface area contributed by atoms with Crippen LogP contribution in [0.15, 0.2) is 77.7 Å². The van der Waals surface area contributed by atoms with Crippen molar-refractivity contribution in [2.45, 2.75) is 43.5 Å². The molecular formula is C28H31F3N2O6S. The number of aliphatic hydroxyl groups excluding tert-OH is 1. The van der Waals surface area contributed by atoms with E-state index in [0.29, 0.717) is 12.1 Å². The van der Waals surface area contributed by atoms with Crippen LogP contribution in [0, 0.1) is 5.92 Å². The van der Waals surface area contributed by atoms with Crippen LogP contribution in [0.2, 0.25) is 0 Å². The Labute approximate surface area is 230 Å². The Bertz CT molecular complexity index is 1400. The molecule has 0 aliphatic rings. The summed E-state index contributed by atoms with van der Waals surface area (Å²) in [6.07, 6.45) is -5.99. The monoisotopic (exact) mass is 580 g/mol. The van der Waals surface area contributed by atoms with Crippen molar-refractivity contribution in [2.75, 3.05) is 13.1 Å². The van der Waals surface area contributed by atoms with Gasteiger partial charge in [0.15, 0.2) is 0 Å². The molecule has 0 fully saturated rings. The molecule has 0 saturated carbocycles. The molecule has 0 aliphatic heterocycles. The second-order valence-corrected chi connectivity index (χ2v) is 11.7. The van der Waals surface area contributed by atoms with Crippen molar-refractivity contribution in [2.24, 2.45) is 5.92 Å². The Hall–Kier alpha value is -3.61. The zero-order chi connectivity index (χ0) is 29.7. The fourth-order valence-electron chi connectivity index (χ4n) is 4.09. The maximum absolute atomic E-state index is 13.5. The number of hydrogen-bond donors (Lipinski definition) is 4. The number of amides is 1. The largest absolute Gasteiger partial charge is 0.508 e. The van der Waals surface area contributed by atoms with Gasteiger partial charge in [-0.15, -0.1) is 0 Å². The van der Waals surface area contributed by atoms with E-state index >= 15 is 0 Å². The van der Waals surface area contributed by atoms with Crippen molar-refractivity contribution in [1.82, 2.24) is 9.62 Å². The summed E-state index contributed by atoms with van der Waals surface area (Å²) < 4.78 is 66.9. The van der Waals surface area contributed by atoms with Crippen molar-refractivity contribution in [3.63, 3.8) is 0 Å². The highest BCUT2D eigenvalue weighted by atomic mass is 32.2. The number of phenols is 2. The number of aliphatic hydroxyl groups is 1. The third-order valence-corrected chi connectivity index (χ3v) is 7.93. The molecule has 0 aromatic heterocycles. The van der Waals surface area contributed by atoms with E-state index < -0.39 is 52.1 Å². The number of aromatic hydroxyl groups is 2. The van der Waals surface area contributed by atoms with E-state index in [-0.39, 0.29) is 35.1 Å². The number of nitrogens with one attached hydrogen (secondary N) is 1. The number of carbonyl (C=O) groups is 1. The van der Waals surface area contributed by atoms with Gasteiger partial charge in [0, 0.05) is 19.2 Å². The fourth-order valence-corrected chi connectivity index (χ4v) is 5.71. The topological polar surface area (TPSA) is 127 Å². The smallest absolute Gasteiger partial charge is 0.416 e. The van der Waals surface area contributed by atoms with E-state index in [9.17, 15) is 41.7 Å². The van der Waals surface area contributed by atoms with Gasteiger partial charge < -0.3 is 20.6 Å². The minimum absolute atomic E-state index is 0.0504. The Morgan fingerprint density at radius 2 is 1.57 bits per heavy atom. The van der Waals surface area contributed by atoms with E-state index in [1.54, 1.807) is 44.2 Å². The third kappa shape index (κ3) is 7.96. The molecule has 3 aromatic rings. The maximum Gasteiger partial charge on any atom is 0.416 e. The van der Waals surface area contributed by atoms with Gasteiger partial charge >= 0.3 is 6.18 Å². The van der Waals surface area contributed by atoms with Gasteiger partial charge in [-0.3, -0.25) is 4.79 Å². The maximum atomic E-state index is 13.5. The molecule has 8 nitrogen and oxygen atoms in total. The normalized spacial score (nSPS) is 13.8. The standard InChI is InChI=1S/C28H31F3N2O6S/c1-18(2)16-33(40(38,39)22-11-8-20(9-12-22)28(29,30)31)17-26(36)24(14-19-6-4-3-5-7-19)32-27(37)23-13-10-21(34)15-25(23)35/h3-13,15,18,24,26,34-36H,14,16-17H2,1-2H3,(H,32,37)/t24-,26+/m0/s1. The highest BCUT2D eigenvalue weighted by Gasteiger charge is 2.34. The van der Waals surface area contributed by atoms with Crippen LogP contribution in [0.4, 0.5) is 13.2 Å². The molecule has 0 unspecified atom stereocenters. The van der Waals surface area contributed by atoms with Gasteiger partial charge in [0.25, 0.3) is 5.91 Å². The molecule has 3 rings (SSSR count). The zero-order valence-corrected chi connectivity index (χ0v) is 22.7. The number of carbonyl (C=O) groups excluding carboxylic acids is 1. The lowest BCUT2D eigenvalue weighted by Gasteiger charge is -2.31. The molecule has 0 saturated heterocycles. The van der Waals surface area contributed by atoms with E-state index in [0.717, 1.165) is 28.1 Å². The van der Waals surface area contributed by atoms with Gasteiger partial charge in [0.1, 0.15) is 11.5 Å².